The lowest BCUT2D eigenvalue weighted by Gasteiger charge is -2.13. The van der Waals surface area contributed by atoms with E-state index in [0.717, 1.165) is 16.6 Å². The van der Waals surface area contributed by atoms with Gasteiger partial charge in [0.2, 0.25) is 5.82 Å². The van der Waals surface area contributed by atoms with Gasteiger partial charge in [0, 0.05) is 25.7 Å². The highest BCUT2D eigenvalue weighted by Crippen LogP contribution is 2.16. The van der Waals surface area contributed by atoms with Crippen LogP contribution in [0.2, 0.25) is 0 Å². The van der Waals surface area contributed by atoms with Crippen LogP contribution in [0.3, 0.4) is 0 Å². The molecular weight excluding hydrogens is 360 g/mol. The minimum Gasteiger partial charge on any atom is -0.342 e. The van der Waals surface area contributed by atoms with Gasteiger partial charge >= 0.3 is 6.03 Å². The van der Waals surface area contributed by atoms with Crippen molar-refractivity contribution >= 4 is 23.0 Å². The fourth-order valence-corrected chi connectivity index (χ4v) is 3.21. The van der Waals surface area contributed by atoms with E-state index < -0.39 is 0 Å². The van der Waals surface area contributed by atoms with E-state index in [9.17, 15) is 9.59 Å². The fourth-order valence-electron chi connectivity index (χ4n) is 3.21. The number of imidazole rings is 1. The van der Waals surface area contributed by atoms with Gasteiger partial charge in [-0.3, -0.25) is 4.79 Å². The van der Waals surface area contributed by atoms with Gasteiger partial charge in [-0.2, -0.15) is 5.10 Å². The van der Waals surface area contributed by atoms with Crippen molar-refractivity contribution in [3.05, 3.63) is 41.7 Å². The van der Waals surface area contributed by atoms with Crippen LogP contribution in [0.1, 0.15) is 41.9 Å². The topological polar surface area (TPSA) is 121 Å². The molecule has 10 heteroatoms. The number of carbonyl (C=O) groups excluding carboxylic acids is 2. The number of nitrogens with zero attached hydrogens (tertiary/aromatic N) is 5. The monoisotopic (exact) mass is 382 g/mol. The zero-order valence-corrected chi connectivity index (χ0v) is 15.8. The Kier molecular flexibility index (Phi) is 4.68. The summed E-state index contributed by atoms with van der Waals surface area (Å²) in [5.41, 5.74) is 2.70. The summed E-state index contributed by atoms with van der Waals surface area (Å²) in [5.74, 6) is 0.625. The Morgan fingerprint density at radius 2 is 2.21 bits per heavy atom. The van der Waals surface area contributed by atoms with Crippen molar-refractivity contribution in [3.8, 4) is 0 Å². The standard InChI is InChI=1S/C18H22N8O2/c1-11(2)26-16(21-10-22-26)17(27)20-8-15-23-13-4-3-12(7-14(13)24-15)9-25-6-5-19-18(25)28/h3-4,7,10-11H,5-6,8-9H2,1-2H3,(H,19,28)(H,20,27)(H,23,24). The minimum absolute atomic E-state index is 0.0395. The van der Waals surface area contributed by atoms with E-state index in [1.54, 1.807) is 9.58 Å². The van der Waals surface area contributed by atoms with Gasteiger partial charge in [-0.05, 0) is 31.5 Å². The Balaban J connectivity index is 1.43. The summed E-state index contributed by atoms with van der Waals surface area (Å²) < 4.78 is 1.58. The minimum atomic E-state index is -0.299. The lowest BCUT2D eigenvalue weighted by molar-refractivity contribution is 0.0932. The fraction of sp³-hybridized carbons (Fsp3) is 0.389. The maximum atomic E-state index is 12.4. The summed E-state index contributed by atoms with van der Waals surface area (Å²) in [6.07, 6.45) is 1.37. The summed E-state index contributed by atoms with van der Waals surface area (Å²) >= 11 is 0. The molecule has 28 heavy (non-hydrogen) atoms. The first-order valence-electron chi connectivity index (χ1n) is 9.19. The Labute approximate surface area is 161 Å². The first kappa shape index (κ1) is 18.0. The third-order valence-electron chi connectivity index (χ3n) is 4.60. The highest BCUT2D eigenvalue weighted by atomic mass is 16.2. The number of nitrogens with one attached hydrogen (secondary N) is 3. The molecule has 1 saturated heterocycles. The quantitative estimate of drug-likeness (QED) is 0.591. The molecule has 1 aliphatic rings. The summed E-state index contributed by atoms with van der Waals surface area (Å²) in [6.45, 7) is 6.07. The Hall–Kier alpha value is -3.43. The smallest absolute Gasteiger partial charge is 0.317 e. The van der Waals surface area contributed by atoms with Gasteiger partial charge in [0.1, 0.15) is 12.2 Å². The van der Waals surface area contributed by atoms with Crippen LogP contribution in [-0.2, 0) is 13.1 Å². The molecule has 0 saturated carbocycles. The van der Waals surface area contributed by atoms with Gasteiger partial charge in [-0.15, -0.1) is 0 Å². The maximum Gasteiger partial charge on any atom is 0.317 e. The van der Waals surface area contributed by atoms with Crippen molar-refractivity contribution < 1.29 is 9.59 Å². The SMILES string of the molecule is CC(C)n1ncnc1C(=O)NCc1nc2ccc(CN3CCNC3=O)cc2[nH]1. The van der Waals surface area contributed by atoms with Gasteiger partial charge in [0.15, 0.2) is 0 Å². The van der Waals surface area contributed by atoms with Crippen LogP contribution in [0.4, 0.5) is 4.79 Å². The van der Waals surface area contributed by atoms with Gasteiger partial charge < -0.3 is 20.5 Å². The Morgan fingerprint density at radius 1 is 1.36 bits per heavy atom. The lowest BCUT2D eigenvalue weighted by Crippen LogP contribution is -2.27. The summed E-state index contributed by atoms with van der Waals surface area (Å²) in [4.78, 5) is 37.6. The van der Waals surface area contributed by atoms with Crippen LogP contribution in [0, 0.1) is 0 Å². The van der Waals surface area contributed by atoms with Crippen LogP contribution in [0.15, 0.2) is 24.5 Å². The molecule has 3 amide bonds. The molecule has 1 fully saturated rings. The summed E-state index contributed by atoms with van der Waals surface area (Å²) in [7, 11) is 0. The van der Waals surface area contributed by atoms with Gasteiger partial charge in [-0.25, -0.2) is 19.4 Å². The Bertz CT molecular complexity index is 1020. The van der Waals surface area contributed by atoms with Crippen molar-refractivity contribution in [3.63, 3.8) is 0 Å². The molecule has 1 aromatic carbocycles. The molecule has 0 atom stereocenters. The normalized spacial score (nSPS) is 14.1. The molecule has 4 rings (SSSR count). The highest BCUT2D eigenvalue weighted by Gasteiger charge is 2.20. The van der Waals surface area contributed by atoms with Crippen LogP contribution in [0.5, 0.6) is 0 Å². The number of fused-ring (bicyclic) bond motifs is 1. The van der Waals surface area contributed by atoms with Crippen molar-refractivity contribution in [1.82, 2.24) is 40.3 Å². The number of hydrogen-bond donors (Lipinski definition) is 3. The molecule has 10 nitrogen and oxygen atoms in total. The third-order valence-corrected chi connectivity index (χ3v) is 4.60. The van der Waals surface area contributed by atoms with Gasteiger partial charge in [0.25, 0.3) is 5.91 Å². The molecule has 146 valence electrons. The van der Waals surface area contributed by atoms with Crippen molar-refractivity contribution in [2.75, 3.05) is 13.1 Å². The van der Waals surface area contributed by atoms with Crippen LogP contribution < -0.4 is 10.6 Å². The van der Waals surface area contributed by atoms with Gasteiger partial charge in [-0.1, -0.05) is 6.07 Å². The van der Waals surface area contributed by atoms with Crippen molar-refractivity contribution in [2.24, 2.45) is 0 Å². The largest absolute Gasteiger partial charge is 0.342 e. The molecule has 0 unspecified atom stereocenters. The van der Waals surface area contributed by atoms with E-state index in [-0.39, 0.29) is 30.3 Å². The van der Waals surface area contributed by atoms with E-state index in [0.29, 0.717) is 25.5 Å². The first-order valence-corrected chi connectivity index (χ1v) is 9.19. The van der Waals surface area contributed by atoms with E-state index in [1.165, 1.54) is 6.33 Å². The van der Waals surface area contributed by atoms with Crippen LogP contribution >= 0.6 is 0 Å². The molecule has 0 aliphatic carbocycles. The molecule has 0 radical (unpaired) electrons. The molecule has 2 aromatic heterocycles. The molecule has 0 spiro atoms. The Morgan fingerprint density at radius 3 is 2.96 bits per heavy atom. The number of H-pyrrole nitrogens is 1. The lowest BCUT2D eigenvalue weighted by atomic mass is 10.2. The summed E-state index contributed by atoms with van der Waals surface area (Å²) in [6, 6.07) is 5.86. The second-order valence-electron chi connectivity index (χ2n) is 6.99. The van der Waals surface area contributed by atoms with Crippen LogP contribution in [-0.4, -0.2) is 54.7 Å². The summed E-state index contributed by atoms with van der Waals surface area (Å²) in [5, 5.41) is 9.69. The molecule has 1 aliphatic heterocycles. The number of urea groups is 1. The van der Waals surface area contributed by atoms with E-state index in [4.69, 9.17) is 0 Å². The van der Waals surface area contributed by atoms with Crippen LogP contribution in [0.25, 0.3) is 11.0 Å². The molecular formula is C18H22N8O2. The third kappa shape index (κ3) is 3.53. The average molecular weight is 382 g/mol. The molecule has 0 bridgehead atoms. The van der Waals surface area contributed by atoms with Crippen molar-refractivity contribution in [1.29, 1.82) is 0 Å². The first-order chi connectivity index (χ1) is 13.5. The maximum absolute atomic E-state index is 12.4. The molecule has 3 N–H and O–H groups in total. The average Bonchev–Trinajstić information content (AvgIpc) is 3.39. The number of hydrogen-bond acceptors (Lipinski definition) is 5. The van der Waals surface area contributed by atoms with Crippen molar-refractivity contribution in [2.45, 2.75) is 33.0 Å². The second kappa shape index (κ2) is 7.29. The number of aromatic amines is 1. The predicted molar refractivity (Wildman–Crippen MR) is 101 cm³/mol. The zero-order valence-electron chi connectivity index (χ0n) is 15.8. The van der Waals surface area contributed by atoms with E-state index in [2.05, 4.69) is 30.7 Å². The number of aromatic nitrogens is 5. The number of rotatable bonds is 6. The molecule has 3 heterocycles. The number of benzene rings is 1. The number of amides is 3. The predicted octanol–water partition coefficient (Wildman–Crippen LogP) is 1.19. The highest BCUT2D eigenvalue weighted by molar-refractivity contribution is 5.90. The zero-order chi connectivity index (χ0) is 19.7. The second-order valence-corrected chi connectivity index (χ2v) is 6.99. The number of carbonyl (C=O) groups is 2. The molecule has 3 aromatic rings. The van der Waals surface area contributed by atoms with E-state index >= 15 is 0 Å². The van der Waals surface area contributed by atoms with Gasteiger partial charge in [0.05, 0.1) is 17.6 Å². The van der Waals surface area contributed by atoms with E-state index in [1.807, 2.05) is 32.0 Å².